The molecule has 1 aliphatic rings. The lowest BCUT2D eigenvalue weighted by atomic mass is 9.90. The van der Waals surface area contributed by atoms with Crippen molar-refractivity contribution in [2.75, 3.05) is 40.3 Å². The molecule has 0 atom stereocenters. The van der Waals surface area contributed by atoms with E-state index in [0.29, 0.717) is 6.54 Å². The van der Waals surface area contributed by atoms with Crippen molar-refractivity contribution in [2.45, 2.75) is 39.5 Å². The lowest BCUT2D eigenvalue weighted by molar-refractivity contribution is -0.148. The van der Waals surface area contributed by atoms with Gasteiger partial charge >= 0.3 is 0 Å². The van der Waals surface area contributed by atoms with Crippen molar-refractivity contribution in [1.82, 2.24) is 15.1 Å². The molecule has 0 aromatic carbocycles. The molecule has 5 nitrogen and oxygen atoms in total. The van der Waals surface area contributed by atoms with Crippen molar-refractivity contribution in [3.8, 4) is 0 Å². The molecule has 0 bridgehead atoms. The molecule has 0 saturated carbocycles. The summed E-state index contributed by atoms with van der Waals surface area (Å²) in [5.74, 6) is -0.213. The molecule has 0 aliphatic carbocycles. The normalized spacial score (nSPS) is 16.9. The molecule has 1 fully saturated rings. The Labute approximate surface area is 122 Å². The van der Waals surface area contributed by atoms with Gasteiger partial charge in [-0.05, 0) is 40.8 Å². The van der Waals surface area contributed by atoms with E-state index in [1.165, 1.54) is 12.8 Å². The number of nitrogens with zero attached hydrogens (tertiary/aromatic N) is 2. The standard InChI is InChI=1S/C15H29N3O2/c1-15(2,13(19)16-9-12-17(3)4)14(20)18-10-7-5-6-8-11-18/h5-12H2,1-4H3,(H,16,19). The Morgan fingerprint density at radius 2 is 1.65 bits per heavy atom. The summed E-state index contributed by atoms with van der Waals surface area (Å²) < 4.78 is 0. The predicted octanol–water partition coefficient (Wildman–Crippen LogP) is 1.09. The van der Waals surface area contributed by atoms with Crippen LogP contribution in [0.2, 0.25) is 0 Å². The van der Waals surface area contributed by atoms with Crippen molar-refractivity contribution in [1.29, 1.82) is 0 Å². The largest absolute Gasteiger partial charge is 0.354 e. The van der Waals surface area contributed by atoms with Gasteiger partial charge in [-0.2, -0.15) is 0 Å². The fraction of sp³-hybridized carbons (Fsp3) is 0.867. The minimum Gasteiger partial charge on any atom is -0.354 e. The molecule has 1 aliphatic heterocycles. The molecule has 0 unspecified atom stereocenters. The van der Waals surface area contributed by atoms with Gasteiger partial charge in [0.05, 0.1) is 0 Å². The molecule has 1 N–H and O–H groups in total. The van der Waals surface area contributed by atoms with Gasteiger partial charge in [0.2, 0.25) is 11.8 Å². The van der Waals surface area contributed by atoms with E-state index in [2.05, 4.69) is 5.32 Å². The smallest absolute Gasteiger partial charge is 0.237 e. The molecule has 116 valence electrons. The predicted molar refractivity (Wildman–Crippen MR) is 80.4 cm³/mol. The van der Waals surface area contributed by atoms with Gasteiger partial charge in [-0.25, -0.2) is 0 Å². The maximum Gasteiger partial charge on any atom is 0.237 e. The number of hydrogen-bond donors (Lipinski definition) is 1. The van der Waals surface area contributed by atoms with E-state index in [4.69, 9.17) is 0 Å². The van der Waals surface area contributed by atoms with Crippen molar-refractivity contribution in [3.05, 3.63) is 0 Å². The summed E-state index contributed by atoms with van der Waals surface area (Å²) in [5.41, 5.74) is -0.976. The van der Waals surface area contributed by atoms with E-state index in [9.17, 15) is 9.59 Å². The first-order valence-electron chi connectivity index (χ1n) is 7.58. The molecular formula is C15H29N3O2. The van der Waals surface area contributed by atoms with E-state index in [1.54, 1.807) is 13.8 Å². The Kier molecular flexibility index (Phi) is 6.46. The number of rotatable bonds is 5. The van der Waals surface area contributed by atoms with Crippen LogP contribution in [0.5, 0.6) is 0 Å². The van der Waals surface area contributed by atoms with Gasteiger partial charge in [0.15, 0.2) is 0 Å². The van der Waals surface area contributed by atoms with Crippen LogP contribution in [0.3, 0.4) is 0 Å². The fourth-order valence-electron chi connectivity index (χ4n) is 2.38. The minimum atomic E-state index is -0.976. The van der Waals surface area contributed by atoms with Gasteiger partial charge in [-0.15, -0.1) is 0 Å². The van der Waals surface area contributed by atoms with E-state index < -0.39 is 5.41 Å². The van der Waals surface area contributed by atoms with Gasteiger partial charge in [-0.3, -0.25) is 9.59 Å². The summed E-state index contributed by atoms with van der Waals surface area (Å²) in [6.07, 6.45) is 4.45. The Morgan fingerprint density at radius 1 is 1.10 bits per heavy atom. The average Bonchev–Trinajstić information content (AvgIpc) is 2.65. The maximum absolute atomic E-state index is 12.6. The summed E-state index contributed by atoms with van der Waals surface area (Å²) in [7, 11) is 3.92. The second kappa shape index (κ2) is 7.62. The molecule has 20 heavy (non-hydrogen) atoms. The molecule has 0 spiro atoms. The average molecular weight is 283 g/mol. The lowest BCUT2D eigenvalue weighted by Gasteiger charge is -2.30. The number of likely N-dealkylation sites (tertiary alicyclic amines) is 1. The molecule has 1 rings (SSSR count). The van der Waals surface area contributed by atoms with Gasteiger partial charge in [-0.1, -0.05) is 12.8 Å². The van der Waals surface area contributed by atoms with Crippen molar-refractivity contribution < 1.29 is 9.59 Å². The molecule has 1 saturated heterocycles. The molecule has 0 aromatic rings. The summed E-state index contributed by atoms with van der Waals surface area (Å²) in [5, 5.41) is 2.86. The molecular weight excluding hydrogens is 254 g/mol. The van der Waals surface area contributed by atoms with Crippen LogP contribution >= 0.6 is 0 Å². The quantitative estimate of drug-likeness (QED) is 0.769. The van der Waals surface area contributed by atoms with E-state index in [1.807, 2.05) is 23.9 Å². The summed E-state index contributed by atoms with van der Waals surface area (Å²) >= 11 is 0. The van der Waals surface area contributed by atoms with E-state index >= 15 is 0 Å². The highest BCUT2D eigenvalue weighted by atomic mass is 16.2. The van der Waals surface area contributed by atoms with Crippen LogP contribution in [-0.4, -0.2) is 61.9 Å². The number of likely N-dealkylation sites (N-methyl/N-ethyl adjacent to an activating group) is 1. The molecule has 1 heterocycles. The van der Waals surface area contributed by atoms with E-state index in [-0.39, 0.29) is 11.8 Å². The van der Waals surface area contributed by atoms with E-state index in [0.717, 1.165) is 32.5 Å². The highest BCUT2D eigenvalue weighted by Crippen LogP contribution is 2.22. The lowest BCUT2D eigenvalue weighted by Crippen LogP contribution is -2.50. The van der Waals surface area contributed by atoms with Crippen LogP contribution in [0.1, 0.15) is 39.5 Å². The number of nitrogens with one attached hydrogen (secondary N) is 1. The van der Waals surface area contributed by atoms with Crippen LogP contribution in [0, 0.1) is 5.41 Å². The zero-order valence-corrected chi connectivity index (χ0v) is 13.4. The van der Waals surface area contributed by atoms with Crippen molar-refractivity contribution in [2.24, 2.45) is 5.41 Å². The Morgan fingerprint density at radius 3 is 2.15 bits per heavy atom. The van der Waals surface area contributed by atoms with Crippen LogP contribution in [0.4, 0.5) is 0 Å². The SMILES string of the molecule is CN(C)CCNC(=O)C(C)(C)C(=O)N1CCCCCC1. The fourth-order valence-corrected chi connectivity index (χ4v) is 2.38. The number of amides is 2. The maximum atomic E-state index is 12.6. The zero-order valence-electron chi connectivity index (χ0n) is 13.4. The monoisotopic (exact) mass is 283 g/mol. The molecule has 0 radical (unpaired) electrons. The molecule has 0 aromatic heterocycles. The van der Waals surface area contributed by atoms with Gasteiger partial charge in [0.1, 0.15) is 5.41 Å². The topological polar surface area (TPSA) is 52.7 Å². The third-order valence-corrected chi connectivity index (χ3v) is 3.84. The second-order valence-electron chi connectivity index (χ2n) is 6.39. The minimum absolute atomic E-state index is 0.0400. The Hall–Kier alpha value is -1.10. The zero-order chi connectivity index (χ0) is 15.2. The number of carbonyl (C=O) groups is 2. The third-order valence-electron chi connectivity index (χ3n) is 3.84. The second-order valence-corrected chi connectivity index (χ2v) is 6.39. The van der Waals surface area contributed by atoms with Crippen LogP contribution in [0.25, 0.3) is 0 Å². The summed E-state index contributed by atoms with van der Waals surface area (Å²) in [6, 6.07) is 0. The molecule has 5 heteroatoms. The van der Waals surface area contributed by atoms with Gasteiger partial charge in [0.25, 0.3) is 0 Å². The first-order valence-corrected chi connectivity index (χ1v) is 7.58. The van der Waals surface area contributed by atoms with Crippen molar-refractivity contribution in [3.63, 3.8) is 0 Å². The van der Waals surface area contributed by atoms with Gasteiger partial charge in [0, 0.05) is 26.2 Å². The van der Waals surface area contributed by atoms with Crippen LogP contribution in [-0.2, 0) is 9.59 Å². The Balaban J connectivity index is 2.56. The first-order chi connectivity index (χ1) is 9.35. The van der Waals surface area contributed by atoms with Crippen molar-refractivity contribution >= 4 is 11.8 Å². The Bertz CT molecular complexity index is 332. The van der Waals surface area contributed by atoms with Gasteiger partial charge < -0.3 is 15.1 Å². The van der Waals surface area contributed by atoms with Crippen LogP contribution in [0.15, 0.2) is 0 Å². The summed E-state index contributed by atoms with van der Waals surface area (Å²) in [6.45, 7) is 6.37. The highest BCUT2D eigenvalue weighted by molar-refractivity contribution is 6.04. The summed E-state index contributed by atoms with van der Waals surface area (Å²) in [4.78, 5) is 28.7. The molecule has 2 amide bonds. The first kappa shape index (κ1) is 17.0. The number of hydrogen-bond acceptors (Lipinski definition) is 3. The number of carbonyl (C=O) groups excluding carboxylic acids is 2. The van der Waals surface area contributed by atoms with Crippen LogP contribution < -0.4 is 5.32 Å². The third kappa shape index (κ3) is 4.78. The highest BCUT2D eigenvalue weighted by Gasteiger charge is 2.38.